The largest absolute Gasteiger partial charge is 0.304 e. The number of likely N-dealkylation sites (N-methyl/N-ethyl adjacent to an activating group) is 1. The number of carbonyl (C=O) groups is 1. The molecule has 0 radical (unpaired) electrons. The summed E-state index contributed by atoms with van der Waals surface area (Å²) in [4.78, 5) is 13.2. The third-order valence-corrected chi connectivity index (χ3v) is 4.08. The van der Waals surface area contributed by atoms with Gasteiger partial charge in [0.2, 0.25) is 0 Å². The normalized spacial score (nSPS) is 27.9. The van der Waals surface area contributed by atoms with Crippen LogP contribution in [0.1, 0.15) is 30.6 Å². The minimum absolute atomic E-state index is 0.355. The minimum Gasteiger partial charge on any atom is -0.304 e. The second-order valence-electron chi connectivity index (χ2n) is 3.76. The summed E-state index contributed by atoms with van der Waals surface area (Å²) in [6, 6.07) is 4.07. The third kappa shape index (κ3) is 1.41. The van der Waals surface area contributed by atoms with Crippen molar-refractivity contribution in [2.75, 3.05) is 7.05 Å². The van der Waals surface area contributed by atoms with E-state index in [2.05, 4.69) is 11.4 Å². The highest BCUT2D eigenvalue weighted by Gasteiger charge is 2.40. The number of carbonyl (C=O) groups excluding carboxylic acids is 1. The van der Waals surface area contributed by atoms with Gasteiger partial charge in [-0.2, -0.15) is 0 Å². The van der Waals surface area contributed by atoms with E-state index in [0.717, 1.165) is 25.7 Å². The zero-order valence-electron chi connectivity index (χ0n) is 8.38. The van der Waals surface area contributed by atoms with Crippen LogP contribution in [0.25, 0.3) is 0 Å². The van der Waals surface area contributed by atoms with Crippen LogP contribution in [0.5, 0.6) is 0 Å². The smallest absolute Gasteiger partial charge is 0.158 e. The van der Waals surface area contributed by atoms with Gasteiger partial charge in [0.05, 0.1) is 0 Å². The van der Waals surface area contributed by atoms with E-state index in [-0.39, 0.29) is 5.54 Å². The van der Waals surface area contributed by atoms with E-state index >= 15 is 0 Å². The average molecular weight is 209 g/mol. The first-order valence-corrected chi connectivity index (χ1v) is 5.94. The van der Waals surface area contributed by atoms with Crippen LogP contribution in [-0.4, -0.2) is 12.8 Å². The minimum atomic E-state index is -0.369. The first-order chi connectivity index (χ1) is 6.79. The molecule has 0 aromatic carbocycles. The number of thiophene rings is 1. The van der Waals surface area contributed by atoms with Crippen LogP contribution >= 0.6 is 11.3 Å². The Morgan fingerprint density at radius 3 is 2.93 bits per heavy atom. The van der Waals surface area contributed by atoms with Crippen LogP contribution in [0.2, 0.25) is 0 Å². The summed E-state index contributed by atoms with van der Waals surface area (Å²) in [5, 5.41) is 5.27. The Hall–Kier alpha value is -0.670. The second-order valence-corrected chi connectivity index (χ2v) is 4.71. The van der Waals surface area contributed by atoms with E-state index in [9.17, 15) is 4.79 Å². The maximum Gasteiger partial charge on any atom is 0.158 e. The van der Waals surface area contributed by atoms with E-state index in [1.807, 2.05) is 18.5 Å². The topological polar surface area (TPSA) is 29.1 Å². The molecule has 0 saturated heterocycles. The molecule has 1 aromatic heterocycles. The molecule has 1 N–H and O–H groups in total. The van der Waals surface area contributed by atoms with Crippen molar-refractivity contribution in [2.24, 2.45) is 0 Å². The van der Waals surface area contributed by atoms with Crippen molar-refractivity contribution in [1.82, 2.24) is 5.32 Å². The van der Waals surface area contributed by atoms with Crippen LogP contribution in [0.4, 0.5) is 0 Å². The Morgan fingerprint density at radius 1 is 1.50 bits per heavy atom. The van der Waals surface area contributed by atoms with Crippen molar-refractivity contribution in [2.45, 2.75) is 31.2 Å². The lowest BCUT2D eigenvalue weighted by Gasteiger charge is -2.34. The molecule has 14 heavy (non-hydrogen) atoms. The molecule has 2 rings (SSSR count). The average Bonchev–Trinajstić information content (AvgIpc) is 2.72. The van der Waals surface area contributed by atoms with Crippen molar-refractivity contribution in [3.8, 4) is 0 Å². The number of hydrogen-bond donors (Lipinski definition) is 1. The fourth-order valence-corrected chi connectivity index (χ4v) is 3.18. The van der Waals surface area contributed by atoms with Crippen molar-refractivity contribution < 1.29 is 4.79 Å². The molecule has 1 saturated carbocycles. The summed E-state index contributed by atoms with van der Waals surface area (Å²) in [7, 11) is 1.89. The molecule has 0 aliphatic heterocycles. The quantitative estimate of drug-likeness (QED) is 0.809. The van der Waals surface area contributed by atoms with Gasteiger partial charge in [0.1, 0.15) is 5.54 Å². The number of hydrogen-bond acceptors (Lipinski definition) is 3. The highest BCUT2D eigenvalue weighted by atomic mass is 32.1. The first-order valence-electron chi connectivity index (χ1n) is 5.06. The van der Waals surface area contributed by atoms with Gasteiger partial charge in [-0.05, 0) is 31.3 Å². The molecule has 0 unspecified atom stereocenters. The van der Waals surface area contributed by atoms with E-state index in [4.69, 9.17) is 0 Å². The Labute approximate surface area is 88.3 Å². The van der Waals surface area contributed by atoms with Crippen LogP contribution in [0.3, 0.4) is 0 Å². The number of rotatable bonds is 2. The van der Waals surface area contributed by atoms with Gasteiger partial charge in [0, 0.05) is 11.3 Å². The van der Waals surface area contributed by atoms with Crippen LogP contribution < -0.4 is 5.32 Å². The molecule has 1 heterocycles. The fourth-order valence-electron chi connectivity index (χ4n) is 2.20. The molecular formula is C11H15NOS. The highest BCUT2D eigenvalue weighted by molar-refractivity contribution is 7.10. The molecule has 76 valence electrons. The van der Waals surface area contributed by atoms with Gasteiger partial charge in [-0.25, -0.2) is 0 Å². The van der Waals surface area contributed by atoms with Gasteiger partial charge in [-0.1, -0.05) is 12.5 Å². The predicted octanol–water partition coefficient (Wildman–Crippen LogP) is 2.31. The third-order valence-electron chi connectivity index (χ3n) is 3.05. The molecule has 1 aromatic rings. The number of nitrogens with one attached hydrogen (secondary N) is 1. The van der Waals surface area contributed by atoms with Crippen molar-refractivity contribution >= 4 is 17.1 Å². The molecule has 3 heteroatoms. The highest BCUT2D eigenvalue weighted by Crippen LogP contribution is 2.36. The van der Waals surface area contributed by atoms with Gasteiger partial charge < -0.3 is 5.32 Å². The predicted molar refractivity (Wildman–Crippen MR) is 58.5 cm³/mol. The number of Topliss-reactive ketones (excluding diaryl/α,β-unsaturated/α-hetero) is 1. The Bertz CT molecular complexity index is 320. The molecule has 0 spiro atoms. The van der Waals surface area contributed by atoms with E-state index < -0.39 is 0 Å². The van der Waals surface area contributed by atoms with E-state index in [1.54, 1.807) is 11.3 Å². The monoisotopic (exact) mass is 209 g/mol. The Balaban J connectivity index is 2.37. The summed E-state index contributed by atoms with van der Waals surface area (Å²) in [5.41, 5.74) is -0.369. The van der Waals surface area contributed by atoms with Crippen LogP contribution in [-0.2, 0) is 10.3 Å². The van der Waals surface area contributed by atoms with Crippen molar-refractivity contribution in [3.63, 3.8) is 0 Å². The second kappa shape index (κ2) is 3.83. The van der Waals surface area contributed by atoms with Gasteiger partial charge >= 0.3 is 0 Å². The van der Waals surface area contributed by atoms with Crippen LogP contribution in [0, 0.1) is 0 Å². The van der Waals surface area contributed by atoms with Gasteiger partial charge in [-0.15, -0.1) is 11.3 Å². The van der Waals surface area contributed by atoms with Crippen molar-refractivity contribution in [3.05, 3.63) is 22.4 Å². The Kier molecular flexibility index (Phi) is 2.70. The molecule has 1 aliphatic carbocycles. The standard InChI is InChI=1S/C11H15NOS/c1-12-11(10-6-4-8-14-10)7-3-2-5-9(11)13/h4,6,8,12H,2-3,5,7H2,1H3/t11-/m1/s1. The molecule has 1 aliphatic rings. The molecular weight excluding hydrogens is 194 g/mol. The summed E-state index contributed by atoms with van der Waals surface area (Å²) in [5.74, 6) is 0.355. The maximum absolute atomic E-state index is 12.0. The summed E-state index contributed by atoms with van der Waals surface area (Å²) < 4.78 is 0. The fraction of sp³-hybridized carbons (Fsp3) is 0.545. The summed E-state index contributed by atoms with van der Waals surface area (Å²) in [6.45, 7) is 0. The summed E-state index contributed by atoms with van der Waals surface area (Å²) in [6.07, 6.45) is 3.86. The van der Waals surface area contributed by atoms with Crippen molar-refractivity contribution in [1.29, 1.82) is 0 Å². The Morgan fingerprint density at radius 2 is 2.36 bits per heavy atom. The lowest BCUT2D eigenvalue weighted by Crippen LogP contribution is -2.48. The number of ketones is 1. The summed E-state index contributed by atoms with van der Waals surface area (Å²) >= 11 is 1.67. The first kappa shape index (κ1) is 9.87. The zero-order chi connectivity index (χ0) is 10.0. The molecule has 1 fully saturated rings. The van der Waals surface area contributed by atoms with Gasteiger partial charge in [0.15, 0.2) is 5.78 Å². The van der Waals surface area contributed by atoms with Gasteiger partial charge in [-0.3, -0.25) is 4.79 Å². The van der Waals surface area contributed by atoms with Crippen LogP contribution in [0.15, 0.2) is 17.5 Å². The SMILES string of the molecule is CN[C@]1(c2cccs2)CCCCC1=O. The molecule has 2 nitrogen and oxygen atoms in total. The maximum atomic E-state index is 12.0. The molecule has 0 amide bonds. The van der Waals surface area contributed by atoms with E-state index in [0.29, 0.717) is 5.78 Å². The zero-order valence-corrected chi connectivity index (χ0v) is 9.19. The molecule has 0 bridgehead atoms. The van der Waals surface area contributed by atoms with E-state index in [1.165, 1.54) is 4.88 Å². The van der Waals surface area contributed by atoms with Gasteiger partial charge in [0.25, 0.3) is 0 Å². The lowest BCUT2D eigenvalue weighted by molar-refractivity contribution is -0.127. The molecule has 1 atom stereocenters. The lowest BCUT2D eigenvalue weighted by atomic mass is 9.79.